The SMILES string of the molecule is CC1(C)[C@H](CN)[C@H]1C1CCS(=O)(=O)C1(C)C. The van der Waals surface area contributed by atoms with Crippen molar-refractivity contribution in [3.8, 4) is 0 Å². The fourth-order valence-electron chi connectivity index (χ4n) is 3.77. The van der Waals surface area contributed by atoms with E-state index in [0.29, 0.717) is 30.1 Å². The first-order valence-electron chi connectivity index (χ1n) is 6.08. The highest BCUT2D eigenvalue weighted by Gasteiger charge is 2.65. The summed E-state index contributed by atoms with van der Waals surface area (Å²) in [5, 5.41) is 0. The highest BCUT2D eigenvalue weighted by molar-refractivity contribution is 7.93. The van der Waals surface area contributed by atoms with Crippen molar-refractivity contribution < 1.29 is 8.42 Å². The molecule has 3 nitrogen and oxygen atoms in total. The summed E-state index contributed by atoms with van der Waals surface area (Å²) in [7, 11) is -2.90. The van der Waals surface area contributed by atoms with Gasteiger partial charge in [0.05, 0.1) is 10.5 Å². The standard InChI is InChI=1S/C12H23NO2S/c1-11(2)9(7-13)10(11)8-5-6-16(14,15)12(8,3)4/h8-10H,5-7,13H2,1-4H3/t8?,9-,10-/m1/s1. The Morgan fingerprint density at radius 2 is 1.81 bits per heavy atom. The molecule has 16 heavy (non-hydrogen) atoms. The maximum atomic E-state index is 12.0. The van der Waals surface area contributed by atoms with Crippen molar-refractivity contribution in [2.75, 3.05) is 12.3 Å². The molecule has 2 N–H and O–H groups in total. The van der Waals surface area contributed by atoms with Gasteiger partial charge in [-0.3, -0.25) is 0 Å². The minimum Gasteiger partial charge on any atom is -0.330 e. The van der Waals surface area contributed by atoms with Crippen LogP contribution in [0, 0.1) is 23.2 Å². The van der Waals surface area contributed by atoms with Crippen molar-refractivity contribution >= 4 is 9.84 Å². The Balaban J connectivity index is 2.27. The van der Waals surface area contributed by atoms with Gasteiger partial charge in [0.25, 0.3) is 0 Å². The van der Waals surface area contributed by atoms with E-state index in [9.17, 15) is 8.42 Å². The van der Waals surface area contributed by atoms with Gasteiger partial charge in [-0.25, -0.2) is 8.42 Å². The molecule has 94 valence electrons. The van der Waals surface area contributed by atoms with Gasteiger partial charge in [-0.15, -0.1) is 0 Å². The van der Waals surface area contributed by atoms with Crippen molar-refractivity contribution in [3.05, 3.63) is 0 Å². The van der Waals surface area contributed by atoms with Crippen molar-refractivity contribution in [2.24, 2.45) is 28.9 Å². The van der Waals surface area contributed by atoms with E-state index in [-0.39, 0.29) is 5.41 Å². The highest BCUT2D eigenvalue weighted by Crippen LogP contribution is 2.65. The summed E-state index contributed by atoms with van der Waals surface area (Å²) in [6, 6.07) is 0. The molecule has 2 aliphatic rings. The summed E-state index contributed by atoms with van der Waals surface area (Å²) < 4.78 is 23.4. The van der Waals surface area contributed by atoms with Gasteiger partial charge in [0, 0.05) is 0 Å². The third-order valence-electron chi connectivity index (χ3n) is 5.22. The van der Waals surface area contributed by atoms with Crippen LogP contribution in [0.15, 0.2) is 0 Å². The highest BCUT2D eigenvalue weighted by atomic mass is 32.2. The molecule has 2 rings (SSSR count). The average molecular weight is 245 g/mol. The molecule has 1 heterocycles. The zero-order chi connectivity index (χ0) is 12.4. The Bertz CT molecular complexity index is 397. The second kappa shape index (κ2) is 3.22. The van der Waals surface area contributed by atoms with Gasteiger partial charge in [0.1, 0.15) is 0 Å². The summed E-state index contributed by atoms with van der Waals surface area (Å²) in [5.41, 5.74) is 6.01. The molecular weight excluding hydrogens is 222 g/mol. The number of hydrogen-bond acceptors (Lipinski definition) is 3. The molecule has 1 aliphatic heterocycles. The molecule has 0 bridgehead atoms. The maximum absolute atomic E-state index is 12.0. The monoisotopic (exact) mass is 245 g/mol. The van der Waals surface area contributed by atoms with Gasteiger partial charge in [-0.1, -0.05) is 13.8 Å². The molecular formula is C12H23NO2S. The summed E-state index contributed by atoms with van der Waals surface area (Å²) in [6.45, 7) is 8.90. The van der Waals surface area contributed by atoms with E-state index < -0.39 is 14.6 Å². The largest absolute Gasteiger partial charge is 0.330 e. The predicted molar refractivity (Wildman–Crippen MR) is 65.8 cm³/mol. The summed E-state index contributed by atoms with van der Waals surface area (Å²) in [6.07, 6.45) is 0.819. The molecule has 0 amide bonds. The quantitative estimate of drug-likeness (QED) is 0.800. The molecule has 0 radical (unpaired) electrons. The lowest BCUT2D eigenvalue weighted by Gasteiger charge is -2.27. The number of nitrogens with two attached hydrogens (primary N) is 1. The van der Waals surface area contributed by atoms with Gasteiger partial charge < -0.3 is 5.73 Å². The van der Waals surface area contributed by atoms with Gasteiger partial charge in [-0.05, 0) is 50.0 Å². The van der Waals surface area contributed by atoms with E-state index in [1.807, 2.05) is 13.8 Å². The van der Waals surface area contributed by atoms with Crippen LogP contribution in [-0.4, -0.2) is 25.5 Å². The van der Waals surface area contributed by atoms with Gasteiger partial charge in [-0.2, -0.15) is 0 Å². The first kappa shape index (κ1) is 12.4. The van der Waals surface area contributed by atoms with Crippen molar-refractivity contribution in [3.63, 3.8) is 0 Å². The van der Waals surface area contributed by atoms with Crippen LogP contribution in [0.5, 0.6) is 0 Å². The lowest BCUT2D eigenvalue weighted by atomic mass is 9.85. The van der Waals surface area contributed by atoms with Crippen LogP contribution in [0.2, 0.25) is 0 Å². The van der Waals surface area contributed by atoms with E-state index in [1.54, 1.807) is 0 Å². The number of sulfone groups is 1. The van der Waals surface area contributed by atoms with E-state index in [2.05, 4.69) is 13.8 Å². The Morgan fingerprint density at radius 1 is 1.25 bits per heavy atom. The normalized spacial score (nSPS) is 43.2. The second-order valence-corrected chi connectivity index (χ2v) is 9.20. The number of hydrogen-bond donors (Lipinski definition) is 1. The van der Waals surface area contributed by atoms with Crippen molar-refractivity contribution in [2.45, 2.75) is 38.9 Å². The molecule has 0 spiro atoms. The molecule has 0 aromatic rings. The summed E-state index contributed by atoms with van der Waals surface area (Å²) >= 11 is 0. The molecule has 1 saturated heterocycles. The summed E-state index contributed by atoms with van der Waals surface area (Å²) in [4.78, 5) is 0. The van der Waals surface area contributed by atoms with Gasteiger partial charge in [0.2, 0.25) is 0 Å². The van der Waals surface area contributed by atoms with Crippen LogP contribution < -0.4 is 5.73 Å². The topological polar surface area (TPSA) is 60.2 Å². The molecule has 0 aromatic heterocycles. The smallest absolute Gasteiger partial charge is 0.155 e. The average Bonchev–Trinajstić information content (AvgIpc) is 2.59. The second-order valence-electron chi connectivity index (χ2n) is 6.51. The van der Waals surface area contributed by atoms with Crippen LogP contribution in [0.25, 0.3) is 0 Å². The predicted octanol–water partition coefficient (Wildman–Crippen LogP) is 1.43. The molecule has 1 aliphatic carbocycles. The van der Waals surface area contributed by atoms with Crippen LogP contribution in [0.1, 0.15) is 34.1 Å². The molecule has 3 atom stereocenters. The Morgan fingerprint density at radius 3 is 2.12 bits per heavy atom. The van der Waals surface area contributed by atoms with E-state index >= 15 is 0 Å². The van der Waals surface area contributed by atoms with Crippen LogP contribution >= 0.6 is 0 Å². The zero-order valence-electron chi connectivity index (χ0n) is 10.7. The maximum Gasteiger partial charge on any atom is 0.155 e. The van der Waals surface area contributed by atoms with Gasteiger partial charge in [0.15, 0.2) is 9.84 Å². The Hall–Kier alpha value is -0.0900. The van der Waals surface area contributed by atoms with Crippen molar-refractivity contribution in [1.82, 2.24) is 0 Å². The molecule has 1 saturated carbocycles. The van der Waals surface area contributed by atoms with Crippen LogP contribution in [-0.2, 0) is 9.84 Å². The third kappa shape index (κ3) is 1.39. The first-order valence-corrected chi connectivity index (χ1v) is 7.74. The fourth-order valence-corrected chi connectivity index (χ4v) is 5.59. The van der Waals surface area contributed by atoms with Gasteiger partial charge >= 0.3 is 0 Å². The third-order valence-corrected chi connectivity index (χ3v) is 7.90. The van der Waals surface area contributed by atoms with Crippen LogP contribution in [0.3, 0.4) is 0 Å². The minimum atomic E-state index is -2.90. The fraction of sp³-hybridized carbons (Fsp3) is 1.00. The van der Waals surface area contributed by atoms with Crippen LogP contribution in [0.4, 0.5) is 0 Å². The summed E-state index contributed by atoms with van der Waals surface area (Å²) in [5.74, 6) is 1.64. The van der Waals surface area contributed by atoms with E-state index in [4.69, 9.17) is 5.73 Å². The Kier molecular flexibility index (Phi) is 2.49. The molecule has 4 heteroatoms. The van der Waals surface area contributed by atoms with E-state index in [0.717, 1.165) is 6.42 Å². The lowest BCUT2D eigenvalue weighted by molar-refractivity contribution is 0.328. The molecule has 1 unspecified atom stereocenters. The molecule has 0 aromatic carbocycles. The van der Waals surface area contributed by atoms with E-state index in [1.165, 1.54) is 0 Å². The lowest BCUT2D eigenvalue weighted by Crippen LogP contribution is -2.35. The molecule has 2 fully saturated rings. The number of rotatable bonds is 2. The first-order chi connectivity index (χ1) is 7.16. The van der Waals surface area contributed by atoms with Crippen molar-refractivity contribution in [1.29, 1.82) is 0 Å². The Labute approximate surface area is 98.7 Å². The minimum absolute atomic E-state index is 0.233. The zero-order valence-corrected chi connectivity index (χ0v) is 11.5.